The van der Waals surface area contributed by atoms with Gasteiger partial charge in [0, 0.05) is 18.5 Å². The van der Waals surface area contributed by atoms with Crippen LogP contribution in [0.1, 0.15) is 55.8 Å². The molecule has 1 saturated heterocycles. The van der Waals surface area contributed by atoms with Crippen LogP contribution >= 0.6 is 0 Å². The monoisotopic (exact) mass is 296 g/mol. The molecule has 0 aliphatic carbocycles. The van der Waals surface area contributed by atoms with E-state index in [9.17, 15) is 9.90 Å². The van der Waals surface area contributed by atoms with Gasteiger partial charge < -0.3 is 19.3 Å². The van der Waals surface area contributed by atoms with E-state index in [1.165, 1.54) is 0 Å². The van der Waals surface area contributed by atoms with Crippen molar-refractivity contribution in [3.05, 3.63) is 17.5 Å². The minimum Gasteiger partial charge on any atom is -0.394 e. The van der Waals surface area contributed by atoms with Crippen LogP contribution in [0.4, 0.5) is 0 Å². The van der Waals surface area contributed by atoms with Crippen molar-refractivity contribution in [1.29, 1.82) is 0 Å². The van der Waals surface area contributed by atoms with Crippen molar-refractivity contribution in [3.8, 4) is 0 Å². The number of morpholine rings is 1. The van der Waals surface area contributed by atoms with Crippen LogP contribution in [0.5, 0.6) is 0 Å². The first-order valence-electron chi connectivity index (χ1n) is 7.60. The molecule has 0 saturated carbocycles. The third kappa shape index (κ3) is 3.44. The van der Waals surface area contributed by atoms with Gasteiger partial charge in [-0.3, -0.25) is 4.79 Å². The van der Waals surface area contributed by atoms with Gasteiger partial charge in [-0.15, -0.1) is 0 Å². The van der Waals surface area contributed by atoms with Gasteiger partial charge in [-0.1, -0.05) is 19.0 Å². The van der Waals surface area contributed by atoms with Crippen molar-refractivity contribution in [2.45, 2.75) is 51.7 Å². The predicted octanol–water partition coefficient (Wildman–Crippen LogP) is 1.80. The number of nitrogens with zero attached hydrogens (tertiary/aromatic N) is 2. The molecule has 2 atom stereocenters. The fraction of sp³-hybridized carbons (Fsp3) is 0.733. The number of rotatable bonds is 5. The Morgan fingerprint density at radius 2 is 2.24 bits per heavy atom. The normalized spacial score (nSPS) is 22.8. The van der Waals surface area contributed by atoms with Gasteiger partial charge in [0.1, 0.15) is 0 Å². The summed E-state index contributed by atoms with van der Waals surface area (Å²) >= 11 is 0. The van der Waals surface area contributed by atoms with Crippen molar-refractivity contribution >= 4 is 5.91 Å². The maximum Gasteiger partial charge on any atom is 0.292 e. The molecule has 118 valence electrons. The van der Waals surface area contributed by atoms with Gasteiger partial charge in [0.05, 0.1) is 31.1 Å². The second-order valence-electron chi connectivity index (χ2n) is 5.57. The van der Waals surface area contributed by atoms with Gasteiger partial charge in [-0.25, -0.2) is 0 Å². The largest absolute Gasteiger partial charge is 0.394 e. The van der Waals surface area contributed by atoms with Crippen LogP contribution in [0.2, 0.25) is 0 Å². The SMILES string of the molecule is CCC(CC)c1cc(C(=O)N2CC(CO)OCC2C)on1. The Labute approximate surface area is 125 Å². The highest BCUT2D eigenvalue weighted by Gasteiger charge is 2.32. The first-order chi connectivity index (χ1) is 10.1. The van der Waals surface area contributed by atoms with Crippen LogP contribution in [0.25, 0.3) is 0 Å². The molecule has 2 rings (SSSR count). The van der Waals surface area contributed by atoms with E-state index in [1.807, 2.05) is 6.92 Å². The summed E-state index contributed by atoms with van der Waals surface area (Å²) in [6.45, 7) is 6.82. The second-order valence-corrected chi connectivity index (χ2v) is 5.57. The highest BCUT2D eigenvalue weighted by Crippen LogP contribution is 2.24. The molecule has 2 unspecified atom stereocenters. The number of carbonyl (C=O) groups is 1. The second kappa shape index (κ2) is 7.04. The average Bonchev–Trinajstić information content (AvgIpc) is 2.98. The Bertz CT molecular complexity index is 470. The van der Waals surface area contributed by atoms with E-state index < -0.39 is 0 Å². The Hall–Kier alpha value is -1.40. The lowest BCUT2D eigenvalue weighted by Crippen LogP contribution is -2.51. The standard InChI is InChI=1S/C15H24N2O4/c1-4-11(5-2)13-6-14(21-16-13)15(19)17-7-12(8-18)20-9-10(17)3/h6,10-12,18H,4-5,7-9H2,1-3H3. The number of aromatic nitrogens is 1. The molecule has 1 aliphatic heterocycles. The zero-order chi connectivity index (χ0) is 15.4. The maximum atomic E-state index is 12.5. The summed E-state index contributed by atoms with van der Waals surface area (Å²) in [5.41, 5.74) is 0.836. The summed E-state index contributed by atoms with van der Waals surface area (Å²) in [5, 5.41) is 13.2. The molecule has 1 aromatic rings. The van der Waals surface area contributed by atoms with Crippen LogP contribution in [-0.4, -0.2) is 53.0 Å². The third-order valence-electron chi connectivity index (χ3n) is 4.11. The minimum absolute atomic E-state index is 0.0398. The molecule has 2 heterocycles. The van der Waals surface area contributed by atoms with Gasteiger partial charge >= 0.3 is 0 Å². The Balaban J connectivity index is 2.12. The molecule has 0 aromatic carbocycles. The van der Waals surface area contributed by atoms with E-state index >= 15 is 0 Å². The minimum atomic E-state index is -0.327. The smallest absolute Gasteiger partial charge is 0.292 e. The number of ether oxygens (including phenoxy) is 1. The van der Waals surface area contributed by atoms with Gasteiger partial charge in [-0.05, 0) is 19.8 Å². The quantitative estimate of drug-likeness (QED) is 0.896. The van der Waals surface area contributed by atoms with Gasteiger partial charge in [0.25, 0.3) is 5.91 Å². The molecule has 6 heteroatoms. The van der Waals surface area contributed by atoms with E-state index in [0.29, 0.717) is 19.1 Å². The summed E-state index contributed by atoms with van der Waals surface area (Å²) in [6, 6.07) is 1.71. The summed E-state index contributed by atoms with van der Waals surface area (Å²) in [7, 11) is 0. The highest BCUT2D eigenvalue weighted by molar-refractivity contribution is 5.91. The fourth-order valence-corrected chi connectivity index (χ4v) is 2.64. The van der Waals surface area contributed by atoms with E-state index in [0.717, 1.165) is 18.5 Å². The fourth-order valence-electron chi connectivity index (χ4n) is 2.64. The molecule has 1 N–H and O–H groups in total. The average molecular weight is 296 g/mol. The summed E-state index contributed by atoms with van der Waals surface area (Å²) < 4.78 is 10.7. The lowest BCUT2D eigenvalue weighted by molar-refractivity contribution is -0.0675. The van der Waals surface area contributed by atoms with Crippen molar-refractivity contribution in [1.82, 2.24) is 10.1 Å². The first-order valence-corrected chi connectivity index (χ1v) is 7.60. The number of amides is 1. The van der Waals surface area contributed by atoms with E-state index in [4.69, 9.17) is 9.26 Å². The van der Waals surface area contributed by atoms with Crippen LogP contribution in [0.15, 0.2) is 10.6 Å². The van der Waals surface area contributed by atoms with Crippen molar-refractivity contribution < 1.29 is 19.2 Å². The lowest BCUT2D eigenvalue weighted by atomic mass is 9.99. The van der Waals surface area contributed by atoms with Gasteiger partial charge in [0.2, 0.25) is 5.76 Å². The van der Waals surface area contributed by atoms with Gasteiger partial charge in [0.15, 0.2) is 0 Å². The third-order valence-corrected chi connectivity index (χ3v) is 4.11. The van der Waals surface area contributed by atoms with Crippen LogP contribution in [0.3, 0.4) is 0 Å². The molecule has 21 heavy (non-hydrogen) atoms. The van der Waals surface area contributed by atoms with Gasteiger partial charge in [-0.2, -0.15) is 0 Å². The molecule has 1 aliphatic rings. The molecule has 0 bridgehead atoms. The van der Waals surface area contributed by atoms with Crippen LogP contribution in [-0.2, 0) is 4.74 Å². The number of aliphatic hydroxyl groups is 1. The first kappa shape index (κ1) is 16.0. The van der Waals surface area contributed by atoms with E-state index in [1.54, 1.807) is 11.0 Å². The molecule has 0 spiro atoms. The highest BCUT2D eigenvalue weighted by atomic mass is 16.5. The number of carbonyl (C=O) groups excluding carboxylic acids is 1. The van der Waals surface area contributed by atoms with Crippen molar-refractivity contribution in [3.63, 3.8) is 0 Å². The molecule has 6 nitrogen and oxygen atoms in total. The molecular formula is C15H24N2O4. The predicted molar refractivity (Wildman–Crippen MR) is 77.2 cm³/mol. The number of aliphatic hydroxyl groups excluding tert-OH is 1. The zero-order valence-electron chi connectivity index (χ0n) is 12.9. The van der Waals surface area contributed by atoms with E-state index in [-0.39, 0.29) is 30.4 Å². The Morgan fingerprint density at radius 3 is 2.86 bits per heavy atom. The number of hydrogen-bond donors (Lipinski definition) is 1. The van der Waals surface area contributed by atoms with Crippen molar-refractivity contribution in [2.75, 3.05) is 19.8 Å². The van der Waals surface area contributed by atoms with Crippen LogP contribution in [0, 0.1) is 0 Å². The number of hydrogen-bond acceptors (Lipinski definition) is 5. The maximum absolute atomic E-state index is 12.5. The molecule has 1 aromatic heterocycles. The Morgan fingerprint density at radius 1 is 1.52 bits per heavy atom. The lowest BCUT2D eigenvalue weighted by Gasteiger charge is -2.36. The Kier molecular flexibility index (Phi) is 5.36. The van der Waals surface area contributed by atoms with E-state index in [2.05, 4.69) is 19.0 Å². The topological polar surface area (TPSA) is 75.8 Å². The van der Waals surface area contributed by atoms with Crippen LogP contribution < -0.4 is 0 Å². The molecule has 1 fully saturated rings. The summed E-state index contributed by atoms with van der Waals surface area (Å²) in [6.07, 6.45) is 1.61. The molecular weight excluding hydrogens is 272 g/mol. The van der Waals surface area contributed by atoms with Crippen molar-refractivity contribution in [2.24, 2.45) is 0 Å². The zero-order valence-corrected chi connectivity index (χ0v) is 12.9. The molecule has 0 radical (unpaired) electrons. The summed E-state index contributed by atoms with van der Waals surface area (Å²) in [4.78, 5) is 14.2. The summed E-state index contributed by atoms with van der Waals surface area (Å²) in [5.74, 6) is 0.402. The molecule has 1 amide bonds.